The number of benzene rings is 1. The molecule has 0 aliphatic heterocycles. The van der Waals surface area contributed by atoms with Crippen molar-refractivity contribution < 1.29 is 4.92 Å². The Hall–Kier alpha value is -1.09. The SMILES string of the molecule is O=[N+]([O-])c1ccc(CC(Cl)C2C3CCCC32)cc1. The Balaban J connectivity index is 1.61. The van der Waals surface area contributed by atoms with Crippen molar-refractivity contribution in [2.24, 2.45) is 17.8 Å². The Labute approximate surface area is 111 Å². The molecule has 0 spiro atoms. The number of nitrogens with zero attached hydrogens (tertiary/aromatic N) is 1. The fourth-order valence-electron chi connectivity index (χ4n) is 3.53. The second-order valence-corrected chi connectivity index (χ2v) is 6.04. The molecule has 2 fully saturated rings. The molecule has 3 unspecified atom stereocenters. The normalized spacial score (nSPS) is 30.8. The molecular weight excluding hydrogens is 250 g/mol. The van der Waals surface area contributed by atoms with Crippen LogP contribution in [0.3, 0.4) is 0 Å². The highest BCUT2D eigenvalue weighted by atomic mass is 35.5. The van der Waals surface area contributed by atoms with Crippen molar-refractivity contribution in [3.05, 3.63) is 39.9 Å². The van der Waals surface area contributed by atoms with Gasteiger partial charge in [-0.05, 0) is 42.6 Å². The molecule has 2 aliphatic rings. The summed E-state index contributed by atoms with van der Waals surface area (Å²) in [5.74, 6) is 2.42. The molecule has 0 amide bonds. The third-order valence-corrected chi connectivity index (χ3v) is 4.91. The molecule has 3 nitrogen and oxygen atoms in total. The lowest BCUT2D eigenvalue weighted by atomic mass is 10.0. The van der Waals surface area contributed by atoms with E-state index in [2.05, 4.69) is 0 Å². The quantitative estimate of drug-likeness (QED) is 0.472. The lowest BCUT2D eigenvalue weighted by Crippen LogP contribution is -2.09. The highest BCUT2D eigenvalue weighted by Crippen LogP contribution is 2.60. The van der Waals surface area contributed by atoms with Crippen LogP contribution in [0.4, 0.5) is 5.69 Å². The van der Waals surface area contributed by atoms with Gasteiger partial charge in [0.15, 0.2) is 0 Å². The van der Waals surface area contributed by atoms with Gasteiger partial charge in [-0.25, -0.2) is 0 Å². The first-order chi connectivity index (χ1) is 8.66. The van der Waals surface area contributed by atoms with E-state index in [0.717, 1.165) is 23.8 Å². The fourth-order valence-corrected chi connectivity index (χ4v) is 4.08. The monoisotopic (exact) mass is 265 g/mol. The van der Waals surface area contributed by atoms with Crippen LogP contribution in [0.25, 0.3) is 0 Å². The van der Waals surface area contributed by atoms with Crippen LogP contribution in [0.1, 0.15) is 24.8 Å². The summed E-state index contributed by atoms with van der Waals surface area (Å²) < 4.78 is 0. The zero-order chi connectivity index (χ0) is 12.7. The van der Waals surface area contributed by atoms with Crippen LogP contribution in [0.2, 0.25) is 0 Å². The van der Waals surface area contributed by atoms with Crippen molar-refractivity contribution >= 4 is 17.3 Å². The van der Waals surface area contributed by atoms with Crippen LogP contribution >= 0.6 is 11.6 Å². The van der Waals surface area contributed by atoms with Gasteiger partial charge < -0.3 is 0 Å². The summed E-state index contributed by atoms with van der Waals surface area (Å²) in [6.45, 7) is 0. The first-order valence-corrected chi connectivity index (χ1v) is 6.98. The Morgan fingerprint density at radius 1 is 1.28 bits per heavy atom. The average Bonchev–Trinajstić information content (AvgIpc) is 2.84. The third kappa shape index (κ3) is 2.12. The largest absolute Gasteiger partial charge is 0.269 e. The van der Waals surface area contributed by atoms with E-state index in [9.17, 15) is 10.1 Å². The Morgan fingerprint density at radius 2 is 1.89 bits per heavy atom. The molecule has 3 rings (SSSR count). The van der Waals surface area contributed by atoms with Gasteiger partial charge in [-0.15, -0.1) is 11.6 Å². The summed E-state index contributed by atoms with van der Waals surface area (Å²) in [4.78, 5) is 10.2. The molecule has 2 saturated carbocycles. The predicted octanol–water partition coefficient (Wildman–Crippen LogP) is 3.79. The molecule has 0 heterocycles. The number of alkyl halides is 1. The molecule has 4 heteroatoms. The second-order valence-electron chi connectivity index (χ2n) is 5.48. The summed E-state index contributed by atoms with van der Waals surface area (Å²) in [6, 6.07) is 6.77. The first kappa shape index (κ1) is 12.0. The van der Waals surface area contributed by atoms with Gasteiger partial charge in [0.05, 0.1) is 4.92 Å². The van der Waals surface area contributed by atoms with Crippen molar-refractivity contribution in [1.29, 1.82) is 0 Å². The topological polar surface area (TPSA) is 43.1 Å². The highest BCUT2D eigenvalue weighted by molar-refractivity contribution is 6.21. The number of halogens is 1. The molecule has 2 aliphatic carbocycles. The van der Waals surface area contributed by atoms with Crippen LogP contribution < -0.4 is 0 Å². The van der Waals surface area contributed by atoms with Crippen LogP contribution in [0.5, 0.6) is 0 Å². The standard InChI is InChI=1S/C14H16ClNO2/c15-13(14-11-2-1-3-12(11)14)8-9-4-6-10(7-5-9)16(17)18/h4-7,11-14H,1-3,8H2. The molecule has 0 N–H and O–H groups in total. The van der Waals surface area contributed by atoms with Gasteiger partial charge in [-0.1, -0.05) is 18.6 Å². The summed E-state index contributed by atoms with van der Waals surface area (Å²) in [5.41, 5.74) is 1.25. The molecule has 0 radical (unpaired) electrons. The van der Waals surface area contributed by atoms with Gasteiger partial charge in [0.25, 0.3) is 5.69 Å². The molecule has 1 aromatic carbocycles. The Morgan fingerprint density at radius 3 is 2.44 bits per heavy atom. The van der Waals surface area contributed by atoms with E-state index in [0.29, 0.717) is 5.92 Å². The molecule has 0 aromatic heterocycles. The Kier molecular flexibility index (Phi) is 3.02. The number of fused-ring (bicyclic) bond motifs is 1. The lowest BCUT2D eigenvalue weighted by Gasteiger charge is -2.11. The number of non-ortho nitro benzene ring substituents is 1. The van der Waals surface area contributed by atoms with E-state index in [-0.39, 0.29) is 16.0 Å². The maximum Gasteiger partial charge on any atom is 0.269 e. The molecule has 0 saturated heterocycles. The van der Waals surface area contributed by atoms with E-state index in [1.807, 2.05) is 12.1 Å². The van der Waals surface area contributed by atoms with Crippen LogP contribution in [-0.4, -0.2) is 10.3 Å². The van der Waals surface area contributed by atoms with Gasteiger partial charge in [-0.2, -0.15) is 0 Å². The lowest BCUT2D eigenvalue weighted by molar-refractivity contribution is -0.384. The van der Waals surface area contributed by atoms with E-state index in [1.165, 1.54) is 19.3 Å². The van der Waals surface area contributed by atoms with Crippen LogP contribution in [0, 0.1) is 27.9 Å². The maximum absolute atomic E-state index is 10.6. The second kappa shape index (κ2) is 4.54. The number of rotatable bonds is 4. The minimum absolute atomic E-state index is 0.146. The van der Waals surface area contributed by atoms with Crippen LogP contribution in [0.15, 0.2) is 24.3 Å². The van der Waals surface area contributed by atoms with E-state index in [4.69, 9.17) is 11.6 Å². The van der Waals surface area contributed by atoms with Gasteiger partial charge in [0.2, 0.25) is 0 Å². The van der Waals surface area contributed by atoms with Crippen LogP contribution in [-0.2, 0) is 6.42 Å². The minimum atomic E-state index is -0.368. The maximum atomic E-state index is 10.6. The average molecular weight is 266 g/mol. The van der Waals surface area contributed by atoms with Crippen molar-refractivity contribution in [2.45, 2.75) is 31.1 Å². The van der Waals surface area contributed by atoms with Crippen molar-refractivity contribution in [1.82, 2.24) is 0 Å². The molecular formula is C14H16ClNO2. The Bertz CT molecular complexity index is 449. The van der Waals surface area contributed by atoms with Crippen molar-refractivity contribution in [2.75, 3.05) is 0 Å². The number of nitro groups is 1. The van der Waals surface area contributed by atoms with E-state index in [1.54, 1.807) is 12.1 Å². The molecule has 18 heavy (non-hydrogen) atoms. The summed E-state index contributed by atoms with van der Waals surface area (Å²) >= 11 is 6.48. The van der Waals surface area contributed by atoms with Crippen molar-refractivity contribution in [3.63, 3.8) is 0 Å². The number of hydrogen-bond acceptors (Lipinski definition) is 2. The fraction of sp³-hybridized carbons (Fsp3) is 0.571. The molecule has 96 valence electrons. The molecule has 3 atom stereocenters. The van der Waals surface area contributed by atoms with Gasteiger partial charge >= 0.3 is 0 Å². The summed E-state index contributed by atoms with van der Waals surface area (Å²) in [6.07, 6.45) is 4.89. The zero-order valence-electron chi connectivity index (χ0n) is 10.1. The number of hydrogen-bond donors (Lipinski definition) is 0. The highest BCUT2D eigenvalue weighted by Gasteiger charge is 2.55. The molecule has 1 aromatic rings. The summed E-state index contributed by atoms with van der Waals surface area (Å²) in [5, 5.41) is 10.8. The summed E-state index contributed by atoms with van der Waals surface area (Å²) in [7, 11) is 0. The van der Waals surface area contributed by atoms with E-state index < -0.39 is 0 Å². The van der Waals surface area contributed by atoms with Gasteiger partial charge in [0.1, 0.15) is 0 Å². The van der Waals surface area contributed by atoms with E-state index >= 15 is 0 Å². The molecule has 0 bridgehead atoms. The third-order valence-electron chi connectivity index (χ3n) is 4.47. The number of nitro benzene ring substituents is 1. The smallest absolute Gasteiger partial charge is 0.258 e. The predicted molar refractivity (Wildman–Crippen MR) is 70.8 cm³/mol. The first-order valence-electron chi connectivity index (χ1n) is 6.54. The minimum Gasteiger partial charge on any atom is -0.258 e. The zero-order valence-corrected chi connectivity index (χ0v) is 10.8. The van der Waals surface area contributed by atoms with Crippen molar-refractivity contribution in [3.8, 4) is 0 Å². The van der Waals surface area contributed by atoms with Gasteiger partial charge in [0, 0.05) is 17.5 Å². The van der Waals surface area contributed by atoms with Gasteiger partial charge in [-0.3, -0.25) is 10.1 Å².